The molecule has 0 unspecified atom stereocenters. The first-order valence-electron chi connectivity index (χ1n) is 8.00. The third-order valence-electron chi connectivity index (χ3n) is 4.20. The summed E-state index contributed by atoms with van der Waals surface area (Å²) in [6.45, 7) is 5.29. The minimum absolute atomic E-state index is 0.0305. The van der Waals surface area contributed by atoms with E-state index in [4.69, 9.17) is 0 Å². The average Bonchev–Trinajstić information content (AvgIpc) is 2.84. The molecule has 0 bridgehead atoms. The third kappa shape index (κ3) is 2.79. The number of nitrogens with zero attached hydrogens (tertiary/aromatic N) is 1. The first kappa shape index (κ1) is 17.5. The van der Waals surface area contributed by atoms with Crippen LogP contribution in [0.3, 0.4) is 0 Å². The molecule has 0 radical (unpaired) electrons. The number of amides is 2. The average molecular weight is 350 g/mol. The molecule has 26 heavy (non-hydrogen) atoms. The SMILES string of the molecule is CC(C)(C)N1C(=O)c2ccc(C(=O)c3ccc(C(=O)[O-])cc3)cc2C1=O. The lowest BCUT2D eigenvalue weighted by Gasteiger charge is -2.29. The Morgan fingerprint density at radius 2 is 1.31 bits per heavy atom. The van der Waals surface area contributed by atoms with Gasteiger partial charge in [0.25, 0.3) is 11.8 Å². The van der Waals surface area contributed by atoms with E-state index in [1.807, 2.05) is 0 Å². The fourth-order valence-electron chi connectivity index (χ4n) is 2.92. The number of benzene rings is 2. The van der Waals surface area contributed by atoms with Crippen LogP contribution in [0.4, 0.5) is 0 Å². The number of carboxylic acids is 1. The van der Waals surface area contributed by atoms with Crippen molar-refractivity contribution < 1.29 is 24.3 Å². The van der Waals surface area contributed by atoms with Crippen LogP contribution in [-0.2, 0) is 0 Å². The molecule has 0 saturated heterocycles. The molecular weight excluding hydrogens is 334 g/mol. The standard InChI is InChI=1S/C20H17NO5/c1-20(2,3)21-17(23)14-9-8-13(10-15(14)18(21)24)16(22)11-4-6-12(7-5-11)19(25)26/h4-10H,1-3H3,(H,25,26)/p-1. The summed E-state index contributed by atoms with van der Waals surface area (Å²) in [6.07, 6.45) is 0. The molecule has 1 heterocycles. The van der Waals surface area contributed by atoms with Gasteiger partial charge in [-0.25, -0.2) is 0 Å². The molecule has 132 valence electrons. The molecule has 2 amide bonds. The summed E-state index contributed by atoms with van der Waals surface area (Å²) >= 11 is 0. The number of carbonyl (C=O) groups excluding carboxylic acids is 4. The predicted octanol–water partition coefficient (Wildman–Crippen LogP) is 1.68. The highest BCUT2D eigenvalue weighted by Gasteiger charge is 2.42. The van der Waals surface area contributed by atoms with Crippen molar-refractivity contribution >= 4 is 23.6 Å². The Balaban J connectivity index is 1.97. The maximum Gasteiger partial charge on any atom is 0.262 e. The van der Waals surface area contributed by atoms with E-state index in [1.54, 1.807) is 20.8 Å². The molecule has 6 heteroatoms. The largest absolute Gasteiger partial charge is 0.545 e. The minimum atomic E-state index is -1.33. The van der Waals surface area contributed by atoms with Gasteiger partial charge in [0.05, 0.1) is 17.1 Å². The molecule has 0 N–H and O–H groups in total. The van der Waals surface area contributed by atoms with E-state index in [0.29, 0.717) is 0 Å². The number of carboxylic acid groups (broad SMARTS) is 1. The molecule has 2 aromatic rings. The van der Waals surface area contributed by atoms with Gasteiger partial charge in [0, 0.05) is 16.7 Å². The molecule has 0 atom stereocenters. The lowest BCUT2D eigenvalue weighted by Crippen LogP contribution is -2.45. The highest BCUT2D eigenvalue weighted by molar-refractivity contribution is 6.23. The Morgan fingerprint density at radius 3 is 1.85 bits per heavy atom. The van der Waals surface area contributed by atoms with Gasteiger partial charge >= 0.3 is 0 Å². The molecule has 0 saturated carbocycles. The Morgan fingerprint density at radius 1 is 0.808 bits per heavy atom. The molecular formula is C20H16NO5-. The second-order valence-electron chi connectivity index (χ2n) is 7.07. The topological polar surface area (TPSA) is 94.6 Å². The van der Waals surface area contributed by atoms with Crippen molar-refractivity contribution in [1.29, 1.82) is 0 Å². The number of hydrogen-bond donors (Lipinski definition) is 0. The fraction of sp³-hybridized carbons (Fsp3) is 0.200. The van der Waals surface area contributed by atoms with Crippen molar-refractivity contribution in [2.24, 2.45) is 0 Å². The van der Waals surface area contributed by atoms with Gasteiger partial charge in [0.15, 0.2) is 5.78 Å². The van der Waals surface area contributed by atoms with Crippen LogP contribution in [0, 0.1) is 0 Å². The number of ketones is 1. The number of rotatable bonds is 3. The number of hydrogen-bond acceptors (Lipinski definition) is 5. The Hall–Kier alpha value is -3.28. The summed E-state index contributed by atoms with van der Waals surface area (Å²) in [4.78, 5) is 49.7. The number of fused-ring (bicyclic) bond motifs is 1. The fourth-order valence-corrected chi connectivity index (χ4v) is 2.92. The van der Waals surface area contributed by atoms with Crippen LogP contribution in [0.5, 0.6) is 0 Å². The van der Waals surface area contributed by atoms with E-state index in [-0.39, 0.29) is 39.5 Å². The van der Waals surface area contributed by atoms with Crippen LogP contribution in [0.25, 0.3) is 0 Å². The summed E-state index contributed by atoms with van der Waals surface area (Å²) in [6, 6.07) is 9.72. The van der Waals surface area contributed by atoms with E-state index in [0.717, 1.165) is 0 Å². The lowest BCUT2D eigenvalue weighted by atomic mass is 9.98. The molecule has 1 aliphatic heterocycles. The Bertz CT molecular complexity index is 951. The van der Waals surface area contributed by atoms with E-state index < -0.39 is 17.4 Å². The second kappa shape index (κ2) is 5.91. The van der Waals surface area contributed by atoms with Gasteiger partial charge in [-0.05, 0) is 38.5 Å². The zero-order valence-electron chi connectivity index (χ0n) is 14.5. The van der Waals surface area contributed by atoms with Gasteiger partial charge in [-0.3, -0.25) is 19.3 Å². The van der Waals surface area contributed by atoms with Crippen molar-refractivity contribution in [1.82, 2.24) is 4.90 Å². The summed E-state index contributed by atoms with van der Waals surface area (Å²) in [7, 11) is 0. The smallest absolute Gasteiger partial charge is 0.262 e. The van der Waals surface area contributed by atoms with Crippen LogP contribution in [-0.4, -0.2) is 34.0 Å². The predicted molar refractivity (Wildman–Crippen MR) is 90.9 cm³/mol. The molecule has 6 nitrogen and oxygen atoms in total. The van der Waals surface area contributed by atoms with Crippen LogP contribution < -0.4 is 5.11 Å². The zero-order chi connectivity index (χ0) is 19.2. The van der Waals surface area contributed by atoms with Crippen LogP contribution in [0.2, 0.25) is 0 Å². The van der Waals surface area contributed by atoms with Gasteiger partial charge < -0.3 is 9.90 Å². The first-order chi connectivity index (χ1) is 12.1. The van der Waals surface area contributed by atoms with Crippen LogP contribution in [0.15, 0.2) is 42.5 Å². The maximum atomic E-state index is 12.6. The van der Waals surface area contributed by atoms with E-state index in [1.165, 1.54) is 47.4 Å². The molecule has 0 spiro atoms. The molecule has 1 aliphatic rings. The van der Waals surface area contributed by atoms with E-state index in [2.05, 4.69) is 0 Å². The summed E-state index contributed by atoms with van der Waals surface area (Å²) in [5.74, 6) is -2.51. The highest BCUT2D eigenvalue weighted by atomic mass is 16.4. The van der Waals surface area contributed by atoms with Crippen LogP contribution in [0.1, 0.15) is 67.8 Å². The molecule has 0 aromatic heterocycles. The van der Waals surface area contributed by atoms with E-state index >= 15 is 0 Å². The highest BCUT2D eigenvalue weighted by Crippen LogP contribution is 2.30. The molecule has 3 rings (SSSR count). The van der Waals surface area contributed by atoms with Crippen molar-refractivity contribution in [3.05, 3.63) is 70.3 Å². The maximum absolute atomic E-state index is 12.6. The lowest BCUT2D eigenvalue weighted by molar-refractivity contribution is -0.255. The Labute approximate surface area is 150 Å². The van der Waals surface area contributed by atoms with Gasteiger partial charge in [-0.2, -0.15) is 0 Å². The Kier molecular flexibility index (Phi) is 3.99. The quantitative estimate of drug-likeness (QED) is 0.620. The number of imide groups is 1. The molecule has 0 fully saturated rings. The van der Waals surface area contributed by atoms with Gasteiger partial charge in [0.2, 0.25) is 0 Å². The number of carbonyl (C=O) groups is 4. The second-order valence-corrected chi connectivity index (χ2v) is 7.07. The summed E-state index contributed by atoms with van der Waals surface area (Å²) < 4.78 is 0. The van der Waals surface area contributed by atoms with E-state index in [9.17, 15) is 24.3 Å². The minimum Gasteiger partial charge on any atom is -0.545 e. The normalized spacial score (nSPS) is 13.7. The molecule has 2 aromatic carbocycles. The van der Waals surface area contributed by atoms with Gasteiger partial charge in [-0.15, -0.1) is 0 Å². The summed E-state index contributed by atoms with van der Waals surface area (Å²) in [5.41, 5.74) is 0.298. The summed E-state index contributed by atoms with van der Waals surface area (Å²) in [5, 5.41) is 10.8. The van der Waals surface area contributed by atoms with Gasteiger partial charge in [0.1, 0.15) is 0 Å². The zero-order valence-corrected chi connectivity index (χ0v) is 14.5. The van der Waals surface area contributed by atoms with Crippen molar-refractivity contribution in [2.45, 2.75) is 26.3 Å². The van der Waals surface area contributed by atoms with Crippen LogP contribution >= 0.6 is 0 Å². The number of aromatic carboxylic acids is 1. The monoisotopic (exact) mass is 350 g/mol. The van der Waals surface area contributed by atoms with Crippen molar-refractivity contribution in [2.75, 3.05) is 0 Å². The van der Waals surface area contributed by atoms with Gasteiger partial charge in [-0.1, -0.05) is 30.3 Å². The molecule has 0 aliphatic carbocycles. The van der Waals surface area contributed by atoms with Crippen molar-refractivity contribution in [3.8, 4) is 0 Å². The third-order valence-corrected chi connectivity index (χ3v) is 4.20. The first-order valence-corrected chi connectivity index (χ1v) is 8.00. The van der Waals surface area contributed by atoms with Crippen molar-refractivity contribution in [3.63, 3.8) is 0 Å².